The van der Waals surface area contributed by atoms with Crippen molar-refractivity contribution in [1.29, 1.82) is 0 Å². The summed E-state index contributed by atoms with van der Waals surface area (Å²) < 4.78 is 0. The van der Waals surface area contributed by atoms with Crippen molar-refractivity contribution in [2.24, 2.45) is 0 Å². The molecule has 0 unspecified atom stereocenters. The highest BCUT2D eigenvalue weighted by atomic mass is 35.5. The van der Waals surface area contributed by atoms with Crippen molar-refractivity contribution in [1.82, 2.24) is 14.9 Å². The van der Waals surface area contributed by atoms with E-state index in [1.807, 2.05) is 30.5 Å². The number of benzene rings is 2. The number of halogens is 2. The van der Waals surface area contributed by atoms with Crippen LogP contribution in [-0.4, -0.2) is 40.8 Å². The zero-order valence-corrected chi connectivity index (χ0v) is 24.1. The van der Waals surface area contributed by atoms with Crippen molar-refractivity contribution >= 4 is 34.6 Å². The fourth-order valence-electron chi connectivity index (χ4n) is 6.00. The van der Waals surface area contributed by atoms with Crippen LogP contribution in [0.2, 0.25) is 10.0 Å². The van der Waals surface area contributed by atoms with E-state index in [0.29, 0.717) is 10.7 Å². The molecule has 6 heteroatoms. The lowest BCUT2D eigenvalue weighted by atomic mass is 9.89. The molecule has 40 heavy (non-hydrogen) atoms. The monoisotopic (exact) mass is 567 g/mol. The molecule has 4 aromatic rings. The molecular formula is C34H31Cl2N3O. The number of hydrogen-bond donors (Lipinski definition) is 0. The second kappa shape index (κ2) is 11.7. The predicted molar refractivity (Wildman–Crippen MR) is 162 cm³/mol. The normalized spacial score (nSPS) is 16.4. The first-order valence-electron chi connectivity index (χ1n) is 13.9. The first kappa shape index (κ1) is 26.9. The molecule has 2 aliphatic carbocycles. The maximum atomic E-state index is 12.3. The number of likely N-dealkylation sites (tertiary alicyclic amines) is 1. The van der Waals surface area contributed by atoms with Gasteiger partial charge in [-0.25, -0.2) is 0 Å². The molecule has 0 saturated carbocycles. The van der Waals surface area contributed by atoms with E-state index in [0.717, 1.165) is 73.3 Å². The lowest BCUT2D eigenvalue weighted by Crippen LogP contribution is -2.27. The number of fused-ring (bicyclic) bond motifs is 4. The van der Waals surface area contributed by atoms with Gasteiger partial charge < -0.3 is 4.90 Å². The fourth-order valence-corrected chi connectivity index (χ4v) is 6.39. The summed E-state index contributed by atoms with van der Waals surface area (Å²) >= 11 is 12.2. The van der Waals surface area contributed by atoms with Crippen LogP contribution in [0.3, 0.4) is 0 Å². The van der Waals surface area contributed by atoms with Gasteiger partial charge in [-0.1, -0.05) is 47.0 Å². The van der Waals surface area contributed by atoms with Crippen LogP contribution >= 0.6 is 23.2 Å². The first-order chi connectivity index (χ1) is 19.5. The average Bonchev–Trinajstić information content (AvgIpc) is 3.22. The quantitative estimate of drug-likeness (QED) is 0.221. The van der Waals surface area contributed by atoms with Crippen LogP contribution in [0.25, 0.3) is 5.57 Å². The Balaban J connectivity index is 0.000000151. The van der Waals surface area contributed by atoms with E-state index in [1.165, 1.54) is 28.0 Å². The summed E-state index contributed by atoms with van der Waals surface area (Å²) in [5.74, 6) is 0.00441. The Morgan fingerprint density at radius 3 is 1.82 bits per heavy atom. The third kappa shape index (κ3) is 5.49. The topological polar surface area (TPSA) is 46.1 Å². The van der Waals surface area contributed by atoms with Crippen LogP contribution in [0.4, 0.5) is 0 Å². The number of piperidine rings is 1. The Morgan fingerprint density at radius 2 is 1.18 bits per heavy atom. The minimum absolute atomic E-state index is 0.00441. The van der Waals surface area contributed by atoms with Crippen LogP contribution in [0.15, 0.2) is 78.6 Å². The molecule has 0 atom stereocenters. The number of aryl methyl sites for hydroxylation is 4. The highest BCUT2D eigenvalue weighted by molar-refractivity contribution is 6.31. The highest BCUT2D eigenvalue weighted by Gasteiger charge is 2.24. The molecule has 7 rings (SSSR count). The van der Waals surface area contributed by atoms with Gasteiger partial charge in [0.2, 0.25) is 5.78 Å². The number of carbonyl (C=O) groups excluding carboxylic acids is 1. The SMILES string of the molecule is CN1CCC(=C2c3ccc(Cl)cc3CCc3cccnc32)CC1.O=C1c2ccc(Cl)cc2CCc2cccnc21. The summed E-state index contributed by atoms with van der Waals surface area (Å²) in [6, 6.07) is 19.9. The molecule has 0 N–H and O–H groups in total. The molecule has 3 heterocycles. The largest absolute Gasteiger partial charge is 0.306 e. The third-order valence-corrected chi connectivity index (χ3v) is 8.62. The van der Waals surface area contributed by atoms with E-state index in [2.05, 4.69) is 41.2 Å². The molecular weight excluding hydrogens is 537 g/mol. The van der Waals surface area contributed by atoms with Gasteiger partial charge in [-0.3, -0.25) is 14.8 Å². The second-order valence-corrected chi connectivity index (χ2v) is 11.6. The van der Waals surface area contributed by atoms with Gasteiger partial charge in [-0.2, -0.15) is 0 Å². The molecule has 0 amide bonds. The number of aromatic nitrogens is 2. The molecule has 0 radical (unpaired) electrons. The summed E-state index contributed by atoms with van der Waals surface area (Å²) in [7, 11) is 2.20. The Kier molecular flexibility index (Phi) is 7.84. The van der Waals surface area contributed by atoms with E-state index >= 15 is 0 Å². The molecule has 1 saturated heterocycles. The van der Waals surface area contributed by atoms with Crippen molar-refractivity contribution in [2.45, 2.75) is 38.5 Å². The lowest BCUT2D eigenvalue weighted by Gasteiger charge is -2.27. The van der Waals surface area contributed by atoms with Gasteiger partial charge >= 0.3 is 0 Å². The van der Waals surface area contributed by atoms with Crippen molar-refractivity contribution < 1.29 is 4.79 Å². The van der Waals surface area contributed by atoms with E-state index in [4.69, 9.17) is 28.2 Å². The molecule has 202 valence electrons. The maximum absolute atomic E-state index is 12.3. The third-order valence-electron chi connectivity index (χ3n) is 8.15. The molecule has 2 aromatic heterocycles. The zero-order valence-electron chi connectivity index (χ0n) is 22.6. The Labute approximate surface area is 245 Å². The van der Waals surface area contributed by atoms with Crippen molar-refractivity contribution in [3.05, 3.63) is 133 Å². The Bertz CT molecular complexity index is 1620. The van der Waals surface area contributed by atoms with Crippen LogP contribution in [0.1, 0.15) is 62.4 Å². The number of carbonyl (C=O) groups is 1. The molecule has 1 fully saturated rings. The van der Waals surface area contributed by atoms with Gasteiger partial charge in [0.05, 0.1) is 5.69 Å². The summed E-state index contributed by atoms with van der Waals surface area (Å²) in [4.78, 5) is 23.7. The summed E-state index contributed by atoms with van der Waals surface area (Å²) in [5, 5.41) is 1.51. The molecule has 0 bridgehead atoms. The van der Waals surface area contributed by atoms with E-state index < -0.39 is 0 Å². The Hall–Kier alpha value is -3.31. The van der Waals surface area contributed by atoms with Gasteiger partial charge in [0.25, 0.3) is 0 Å². The minimum atomic E-state index is 0.00441. The number of hydrogen-bond acceptors (Lipinski definition) is 4. The van der Waals surface area contributed by atoms with E-state index in [1.54, 1.807) is 23.9 Å². The maximum Gasteiger partial charge on any atom is 0.211 e. The van der Waals surface area contributed by atoms with Gasteiger partial charge in [-0.05, 0) is 116 Å². The average molecular weight is 569 g/mol. The predicted octanol–water partition coefficient (Wildman–Crippen LogP) is 7.43. The Morgan fingerprint density at radius 1 is 0.650 bits per heavy atom. The summed E-state index contributed by atoms with van der Waals surface area (Å²) in [5.41, 5.74) is 11.5. The number of pyridine rings is 2. The van der Waals surface area contributed by atoms with Crippen molar-refractivity contribution in [3.8, 4) is 0 Å². The first-order valence-corrected chi connectivity index (χ1v) is 14.6. The fraction of sp³-hybridized carbons (Fsp3) is 0.265. The highest BCUT2D eigenvalue weighted by Crippen LogP contribution is 2.38. The van der Waals surface area contributed by atoms with Gasteiger partial charge in [-0.15, -0.1) is 0 Å². The van der Waals surface area contributed by atoms with Gasteiger partial charge in [0.15, 0.2) is 0 Å². The summed E-state index contributed by atoms with van der Waals surface area (Å²) in [6.07, 6.45) is 9.59. The van der Waals surface area contributed by atoms with Crippen molar-refractivity contribution in [2.75, 3.05) is 20.1 Å². The van der Waals surface area contributed by atoms with Crippen LogP contribution in [0.5, 0.6) is 0 Å². The minimum Gasteiger partial charge on any atom is -0.306 e. The lowest BCUT2D eigenvalue weighted by molar-refractivity contribution is 0.103. The molecule has 0 spiro atoms. The van der Waals surface area contributed by atoms with E-state index in [-0.39, 0.29) is 5.78 Å². The van der Waals surface area contributed by atoms with Gasteiger partial charge in [0, 0.05) is 46.7 Å². The van der Waals surface area contributed by atoms with Crippen LogP contribution < -0.4 is 0 Å². The van der Waals surface area contributed by atoms with Crippen LogP contribution in [0, 0.1) is 0 Å². The standard InChI is InChI=1S/C20H21ClN2.C14H10ClNO/c1-23-11-8-14(9-12-23)19-18-7-6-17(21)13-16(18)5-4-15-3-2-10-22-20(15)19;15-11-5-6-12-10(8-11)4-3-9-2-1-7-16-13(9)14(12)17/h2-3,6-7,10,13H,4-5,8-9,11-12H2,1H3;1-2,5-8H,3-4H2. The molecule has 2 aromatic carbocycles. The van der Waals surface area contributed by atoms with Gasteiger partial charge in [0.1, 0.15) is 5.69 Å². The number of nitrogens with zero attached hydrogens (tertiary/aromatic N) is 3. The second-order valence-electron chi connectivity index (χ2n) is 10.7. The number of rotatable bonds is 0. The zero-order chi connectivity index (χ0) is 27.6. The molecule has 1 aliphatic heterocycles. The van der Waals surface area contributed by atoms with Crippen molar-refractivity contribution in [3.63, 3.8) is 0 Å². The van der Waals surface area contributed by atoms with Crippen LogP contribution in [-0.2, 0) is 25.7 Å². The molecule has 3 aliphatic rings. The molecule has 4 nitrogen and oxygen atoms in total. The summed E-state index contributed by atoms with van der Waals surface area (Å²) in [6.45, 7) is 2.26. The smallest absolute Gasteiger partial charge is 0.211 e. The van der Waals surface area contributed by atoms with E-state index in [9.17, 15) is 4.79 Å². The number of ketones is 1.